The first kappa shape index (κ1) is 14.4. The molecule has 1 N–H and O–H groups in total. The first-order chi connectivity index (χ1) is 10.2. The lowest BCUT2D eigenvalue weighted by atomic mass is 9.95. The molecule has 0 amide bonds. The van der Waals surface area contributed by atoms with Crippen LogP contribution in [0, 0.1) is 13.8 Å². The van der Waals surface area contributed by atoms with E-state index in [0.29, 0.717) is 0 Å². The van der Waals surface area contributed by atoms with Crippen LogP contribution in [-0.2, 0) is 12.8 Å². The highest BCUT2D eigenvalue weighted by molar-refractivity contribution is 5.41. The van der Waals surface area contributed by atoms with E-state index < -0.39 is 0 Å². The lowest BCUT2D eigenvalue weighted by molar-refractivity contribution is 0.493. The van der Waals surface area contributed by atoms with Crippen LogP contribution < -0.4 is 5.32 Å². The van der Waals surface area contributed by atoms with Crippen LogP contribution in [0.2, 0.25) is 0 Å². The standard InChI is InChI=1S/C19H25NO/c1-4-10-20-19(18-11-13(2)21-14(18)3)17-9-8-15-6-5-7-16(15)12-17/h8-9,11-12,19-20H,4-7,10H2,1-3H3. The maximum atomic E-state index is 5.75. The molecule has 1 aliphatic carbocycles. The van der Waals surface area contributed by atoms with Gasteiger partial charge < -0.3 is 9.73 Å². The monoisotopic (exact) mass is 283 g/mol. The second-order valence-corrected chi connectivity index (χ2v) is 6.14. The molecule has 112 valence electrons. The van der Waals surface area contributed by atoms with Crippen molar-refractivity contribution in [2.24, 2.45) is 0 Å². The fourth-order valence-corrected chi connectivity index (χ4v) is 3.40. The molecule has 0 saturated heterocycles. The summed E-state index contributed by atoms with van der Waals surface area (Å²) in [7, 11) is 0. The van der Waals surface area contributed by atoms with Crippen LogP contribution in [0.3, 0.4) is 0 Å². The number of hydrogen-bond donors (Lipinski definition) is 1. The Balaban J connectivity index is 1.97. The molecule has 1 unspecified atom stereocenters. The maximum absolute atomic E-state index is 5.75. The van der Waals surface area contributed by atoms with E-state index in [4.69, 9.17) is 4.42 Å². The minimum Gasteiger partial charge on any atom is -0.466 e. The Morgan fingerprint density at radius 3 is 2.67 bits per heavy atom. The third-order valence-electron chi connectivity index (χ3n) is 4.44. The van der Waals surface area contributed by atoms with Crippen molar-refractivity contribution in [2.75, 3.05) is 6.54 Å². The number of hydrogen-bond acceptors (Lipinski definition) is 2. The number of fused-ring (bicyclic) bond motifs is 1. The second-order valence-electron chi connectivity index (χ2n) is 6.14. The van der Waals surface area contributed by atoms with Crippen LogP contribution in [-0.4, -0.2) is 6.54 Å². The topological polar surface area (TPSA) is 25.2 Å². The van der Waals surface area contributed by atoms with Crippen molar-refractivity contribution in [1.29, 1.82) is 0 Å². The maximum Gasteiger partial charge on any atom is 0.106 e. The predicted octanol–water partition coefficient (Wildman–Crippen LogP) is 4.47. The Morgan fingerprint density at radius 1 is 1.14 bits per heavy atom. The van der Waals surface area contributed by atoms with E-state index in [9.17, 15) is 0 Å². The quantitative estimate of drug-likeness (QED) is 0.875. The normalized spacial score (nSPS) is 15.2. The lowest BCUT2D eigenvalue weighted by Gasteiger charge is -2.19. The number of furan rings is 1. The molecule has 0 spiro atoms. The molecule has 0 aliphatic heterocycles. The molecule has 21 heavy (non-hydrogen) atoms. The van der Waals surface area contributed by atoms with Gasteiger partial charge in [-0.25, -0.2) is 0 Å². The molecule has 1 aromatic carbocycles. The van der Waals surface area contributed by atoms with Crippen LogP contribution in [0.25, 0.3) is 0 Å². The van der Waals surface area contributed by atoms with Gasteiger partial charge in [-0.2, -0.15) is 0 Å². The van der Waals surface area contributed by atoms with Gasteiger partial charge in [-0.1, -0.05) is 25.1 Å². The Labute approximate surface area is 127 Å². The molecule has 2 heteroatoms. The summed E-state index contributed by atoms with van der Waals surface area (Å²) in [5.74, 6) is 2.02. The van der Waals surface area contributed by atoms with Crippen molar-refractivity contribution in [3.63, 3.8) is 0 Å². The van der Waals surface area contributed by atoms with Gasteiger partial charge in [0, 0.05) is 5.56 Å². The molecule has 0 radical (unpaired) electrons. The van der Waals surface area contributed by atoms with Crippen LogP contribution in [0.5, 0.6) is 0 Å². The van der Waals surface area contributed by atoms with Gasteiger partial charge in [0.05, 0.1) is 6.04 Å². The van der Waals surface area contributed by atoms with Gasteiger partial charge in [-0.3, -0.25) is 0 Å². The Morgan fingerprint density at radius 2 is 1.95 bits per heavy atom. The van der Waals surface area contributed by atoms with E-state index >= 15 is 0 Å². The highest BCUT2D eigenvalue weighted by Gasteiger charge is 2.20. The molecule has 0 bridgehead atoms. The Kier molecular flexibility index (Phi) is 4.16. The zero-order chi connectivity index (χ0) is 14.8. The smallest absolute Gasteiger partial charge is 0.106 e. The van der Waals surface area contributed by atoms with Gasteiger partial charge >= 0.3 is 0 Å². The van der Waals surface area contributed by atoms with Crippen LogP contribution in [0.15, 0.2) is 28.7 Å². The van der Waals surface area contributed by atoms with Crippen molar-refractivity contribution in [2.45, 2.75) is 52.5 Å². The van der Waals surface area contributed by atoms with Crippen molar-refractivity contribution >= 4 is 0 Å². The molecule has 0 saturated carbocycles. The fourth-order valence-electron chi connectivity index (χ4n) is 3.40. The largest absolute Gasteiger partial charge is 0.466 e. The van der Waals surface area contributed by atoms with E-state index in [1.165, 1.54) is 41.5 Å². The number of rotatable bonds is 5. The van der Waals surface area contributed by atoms with E-state index in [1.807, 2.05) is 6.92 Å². The summed E-state index contributed by atoms with van der Waals surface area (Å²) >= 11 is 0. The summed E-state index contributed by atoms with van der Waals surface area (Å²) in [6.45, 7) is 7.32. The molecule has 1 aromatic heterocycles. The summed E-state index contributed by atoms with van der Waals surface area (Å²) in [4.78, 5) is 0. The predicted molar refractivity (Wildman–Crippen MR) is 86.8 cm³/mol. The van der Waals surface area contributed by atoms with E-state index in [1.54, 1.807) is 0 Å². The highest BCUT2D eigenvalue weighted by atomic mass is 16.3. The third kappa shape index (κ3) is 2.91. The highest BCUT2D eigenvalue weighted by Crippen LogP contribution is 2.31. The minimum atomic E-state index is 0.244. The molecular formula is C19H25NO. The average molecular weight is 283 g/mol. The molecule has 3 rings (SSSR count). The van der Waals surface area contributed by atoms with Crippen molar-refractivity contribution in [3.8, 4) is 0 Å². The molecule has 0 fully saturated rings. The minimum absolute atomic E-state index is 0.244. The number of benzene rings is 1. The molecular weight excluding hydrogens is 258 g/mol. The Bertz CT molecular complexity index is 626. The van der Waals surface area contributed by atoms with Gasteiger partial charge in [0.15, 0.2) is 0 Å². The summed E-state index contributed by atoms with van der Waals surface area (Å²) in [5, 5.41) is 3.69. The molecule has 2 aromatic rings. The summed E-state index contributed by atoms with van der Waals surface area (Å²) < 4.78 is 5.75. The van der Waals surface area contributed by atoms with Gasteiger partial charge in [0.1, 0.15) is 11.5 Å². The van der Waals surface area contributed by atoms with Crippen LogP contribution >= 0.6 is 0 Å². The van der Waals surface area contributed by atoms with Gasteiger partial charge in [0.25, 0.3) is 0 Å². The first-order valence-corrected chi connectivity index (χ1v) is 8.11. The van der Waals surface area contributed by atoms with E-state index in [2.05, 4.69) is 43.4 Å². The first-order valence-electron chi connectivity index (χ1n) is 8.11. The number of aryl methyl sites for hydroxylation is 4. The van der Waals surface area contributed by atoms with Crippen molar-refractivity contribution in [1.82, 2.24) is 5.32 Å². The fraction of sp³-hybridized carbons (Fsp3) is 0.474. The summed E-state index contributed by atoms with van der Waals surface area (Å²) in [6, 6.07) is 9.43. The zero-order valence-corrected chi connectivity index (χ0v) is 13.3. The summed E-state index contributed by atoms with van der Waals surface area (Å²) in [5.41, 5.74) is 5.72. The zero-order valence-electron chi connectivity index (χ0n) is 13.3. The SMILES string of the molecule is CCCNC(c1ccc2c(c1)CCC2)c1cc(C)oc1C. The molecule has 2 nitrogen and oxygen atoms in total. The summed E-state index contributed by atoms with van der Waals surface area (Å²) in [6.07, 6.45) is 4.91. The van der Waals surface area contributed by atoms with Crippen LogP contribution in [0.1, 0.15) is 59.6 Å². The lowest BCUT2D eigenvalue weighted by Crippen LogP contribution is -2.23. The molecule has 1 aliphatic rings. The van der Waals surface area contributed by atoms with Crippen molar-refractivity contribution in [3.05, 3.63) is 58.0 Å². The van der Waals surface area contributed by atoms with Gasteiger partial charge in [-0.15, -0.1) is 0 Å². The Hall–Kier alpha value is -1.54. The molecule has 1 atom stereocenters. The van der Waals surface area contributed by atoms with E-state index in [0.717, 1.165) is 24.5 Å². The third-order valence-corrected chi connectivity index (χ3v) is 4.44. The van der Waals surface area contributed by atoms with Gasteiger partial charge in [0.2, 0.25) is 0 Å². The average Bonchev–Trinajstić information content (AvgIpc) is 3.05. The molecule has 1 heterocycles. The van der Waals surface area contributed by atoms with Crippen molar-refractivity contribution < 1.29 is 4.42 Å². The second kappa shape index (κ2) is 6.07. The number of nitrogens with one attached hydrogen (secondary N) is 1. The van der Waals surface area contributed by atoms with Crippen LogP contribution in [0.4, 0.5) is 0 Å². The van der Waals surface area contributed by atoms with E-state index in [-0.39, 0.29) is 6.04 Å². The van der Waals surface area contributed by atoms with Gasteiger partial charge in [-0.05, 0) is 68.8 Å².